The predicted octanol–water partition coefficient (Wildman–Crippen LogP) is 15.7. The molecule has 280 valence electrons. The second kappa shape index (κ2) is 13.7. The molecule has 1 spiro atoms. The zero-order valence-electron chi connectivity index (χ0n) is 33.0. The van der Waals surface area contributed by atoms with Gasteiger partial charge in [-0.05, 0) is 131 Å². The monoisotopic (exact) mass is 761 g/mol. The minimum Gasteiger partial charge on any atom is -0.310 e. The van der Waals surface area contributed by atoms with Gasteiger partial charge in [0.25, 0.3) is 0 Å². The molecule has 1 nitrogen and oxygen atoms in total. The van der Waals surface area contributed by atoms with Crippen LogP contribution in [0.25, 0.3) is 66.4 Å². The van der Waals surface area contributed by atoms with Crippen LogP contribution in [-0.4, -0.2) is 0 Å². The maximum Gasteiger partial charge on any atom is 0.0732 e. The summed E-state index contributed by atoms with van der Waals surface area (Å²) in [5.74, 6) is 0. The van der Waals surface area contributed by atoms with E-state index in [9.17, 15) is 0 Å². The fourth-order valence-corrected chi connectivity index (χ4v) is 10.2. The third kappa shape index (κ3) is 5.19. The normalized spacial score (nSPS) is 14.4. The van der Waals surface area contributed by atoms with Gasteiger partial charge in [0, 0.05) is 17.1 Å². The van der Waals surface area contributed by atoms with Crippen molar-refractivity contribution < 1.29 is 0 Å². The van der Waals surface area contributed by atoms with Crippen molar-refractivity contribution in [2.45, 2.75) is 5.41 Å². The van der Waals surface area contributed by atoms with Crippen LogP contribution in [0.3, 0.4) is 0 Å². The predicted molar refractivity (Wildman–Crippen MR) is 251 cm³/mol. The van der Waals surface area contributed by atoms with E-state index in [4.69, 9.17) is 0 Å². The summed E-state index contributed by atoms with van der Waals surface area (Å²) in [7, 11) is 0. The van der Waals surface area contributed by atoms with Crippen LogP contribution in [0.2, 0.25) is 0 Å². The fraction of sp³-hybridized carbons (Fsp3) is 0.0169. The molecule has 1 atom stereocenters. The second-order valence-electron chi connectivity index (χ2n) is 16.0. The quantitative estimate of drug-likeness (QED) is 0.163. The molecule has 0 saturated carbocycles. The standard InChI is InChI=1S/C59H39N/c1-4-14-40(15-5-1)43-24-30-47(31-25-43)60(48-32-26-44(27-33-48)41-16-6-2-7-17-41)49-34-36-52-54-38-46(42-18-8-3-9-19-42)29-37-56(54)59(57(52)39-49)55-23-13-12-22-51(55)53-35-28-45-20-10-11-21-50(45)58(53)59/h1-39H. The van der Waals surface area contributed by atoms with Crippen molar-refractivity contribution in [2.75, 3.05) is 4.90 Å². The van der Waals surface area contributed by atoms with Gasteiger partial charge in [0.1, 0.15) is 0 Å². The molecule has 0 heterocycles. The Bertz CT molecular complexity index is 3140. The fourth-order valence-electron chi connectivity index (χ4n) is 10.2. The molecule has 0 aromatic heterocycles. The maximum atomic E-state index is 2.50. The molecule has 2 aliphatic rings. The van der Waals surface area contributed by atoms with Crippen molar-refractivity contribution >= 4 is 27.8 Å². The Balaban J connectivity index is 1.12. The van der Waals surface area contributed by atoms with Gasteiger partial charge in [-0.2, -0.15) is 0 Å². The van der Waals surface area contributed by atoms with Crippen LogP contribution in [0.15, 0.2) is 237 Å². The molecule has 12 rings (SSSR count). The first-order valence-corrected chi connectivity index (χ1v) is 20.8. The molecule has 2 aliphatic carbocycles. The van der Waals surface area contributed by atoms with Gasteiger partial charge in [-0.3, -0.25) is 0 Å². The van der Waals surface area contributed by atoms with Gasteiger partial charge < -0.3 is 4.90 Å². The first-order chi connectivity index (χ1) is 29.8. The highest BCUT2D eigenvalue weighted by Gasteiger charge is 2.52. The topological polar surface area (TPSA) is 3.24 Å². The van der Waals surface area contributed by atoms with E-state index < -0.39 is 5.41 Å². The van der Waals surface area contributed by atoms with E-state index in [0.717, 1.165) is 17.1 Å². The molecule has 1 heteroatoms. The number of hydrogen-bond acceptors (Lipinski definition) is 1. The van der Waals surface area contributed by atoms with Crippen molar-refractivity contribution in [3.05, 3.63) is 259 Å². The Morgan fingerprint density at radius 1 is 0.267 bits per heavy atom. The summed E-state index contributed by atoms with van der Waals surface area (Å²) >= 11 is 0. The first kappa shape index (κ1) is 34.3. The summed E-state index contributed by atoms with van der Waals surface area (Å²) in [5.41, 5.74) is 20.6. The number of rotatable bonds is 6. The Hall–Kier alpha value is -7.74. The van der Waals surface area contributed by atoms with Crippen LogP contribution >= 0.6 is 0 Å². The molecule has 60 heavy (non-hydrogen) atoms. The van der Waals surface area contributed by atoms with Crippen molar-refractivity contribution in [1.29, 1.82) is 0 Å². The Labute approximate surface area is 351 Å². The number of nitrogens with zero attached hydrogens (tertiary/aromatic N) is 1. The third-order valence-electron chi connectivity index (χ3n) is 12.9. The molecule has 0 bridgehead atoms. The number of hydrogen-bond donors (Lipinski definition) is 0. The van der Waals surface area contributed by atoms with Crippen molar-refractivity contribution in [2.24, 2.45) is 0 Å². The maximum absolute atomic E-state index is 2.50. The first-order valence-electron chi connectivity index (χ1n) is 20.8. The Morgan fingerprint density at radius 3 is 1.38 bits per heavy atom. The smallest absolute Gasteiger partial charge is 0.0732 e. The number of benzene rings is 10. The highest BCUT2D eigenvalue weighted by atomic mass is 15.1. The number of fused-ring (bicyclic) bond motifs is 12. The van der Waals surface area contributed by atoms with Crippen molar-refractivity contribution in [3.8, 4) is 55.6 Å². The van der Waals surface area contributed by atoms with Gasteiger partial charge in [-0.1, -0.05) is 194 Å². The van der Waals surface area contributed by atoms with Gasteiger partial charge in [-0.25, -0.2) is 0 Å². The van der Waals surface area contributed by atoms with Gasteiger partial charge in [0.2, 0.25) is 0 Å². The molecule has 10 aromatic carbocycles. The minimum atomic E-state index is -0.525. The zero-order valence-corrected chi connectivity index (χ0v) is 33.0. The lowest BCUT2D eigenvalue weighted by molar-refractivity contribution is 0.801. The largest absolute Gasteiger partial charge is 0.310 e. The molecule has 10 aromatic rings. The minimum absolute atomic E-state index is 0.525. The van der Waals surface area contributed by atoms with Crippen LogP contribution in [0, 0.1) is 0 Å². The average molecular weight is 762 g/mol. The van der Waals surface area contributed by atoms with Crippen LogP contribution in [0.1, 0.15) is 22.3 Å². The van der Waals surface area contributed by atoms with Crippen LogP contribution in [0.5, 0.6) is 0 Å². The van der Waals surface area contributed by atoms with E-state index in [1.807, 2.05) is 0 Å². The molecule has 0 amide bonds. The van der Waals surface area contributed by atoms with Gasteiger partial charge in [0.15, 0.2) is 0 Å². The summed E-state index contributed by atoms with van der Waals surface area (Å²) in [5, 5.41) is 2.56. The van der Waals surface area contributed by atoms with Crippen molar-refractivity contribution in [1.82, 2.24) is 0 Å². The lowest BCUT2D eigenvalue weighted by Gasteiger charge is -2.33. The Morgan fingerprint density at radius 2 is 0.733 bits per heavy atom. The summed E-state index contributed by atoms with van der Waals surface area (Å²) < 4.78 is 0. The van der Waals surface area contributed by atoms with E-state index in [1.54, 1.807) is 0 Å². The van der Waals surface area contributed by atoms with Crippen LogP contribution < -0.4 is 4.90 Å². The Kier molecular flexibility index (Phi) is 7.83. The van der Waals surface area contributed by atoms with E-state index >= 15 is 0 Å². The summed E-state index contributed by atoms with van der Waals surface area (Å²) in [6.45, 7) is 0. The van der Waals surface area contributed by atoms with Crippen LogP contribution in [-0.2, 0) is 5.41 Å². The molecular weight excluding hydrogens is 723 g/mol. The summed E-state index contributed by atoms with van der Waals surface area (Å²) in [6.07, 6.45) is 0. The molecule has 1 unspecified atom stereocenters. The third-order valence-corrected chi connectivity index (χ3v) is 12.9. The lowest BCUT2D eigenvalue weighted by atomic mass is 9.69. The molecule has 0 fully saturated rings. The van der Waals surface area contributed by atoms with Crippen molar-refractivity contribution in [3.63, 3.8) is 0 Å². The van der Waals surface area contributed by atoms with E-state index in [0.29, 0.717) is 0 Å². The lowest BCUT2D eigenvalue weighted by Crippen LogP contribution is -2.26. The van der Waals surface area contributed by atoms with E-state index in [2.05, 4.69) is 241 Å². The molecule has 0 saturated heterocycles. The second-order valence-corrected chi connectivity index (χ2v) is 16.0. The highest BCUT2D eigenvalue weighted by molar-refractivity contribution is 6.04. The molecular formula is C59H39N. The zero-order chi connectivity index (χ0) is 39.6. The summed E-state index contributed by atoms with van der Waals surface area (Å²) in [6, 6.07) is 87.3. The van der Waals surface area contributed by atoms with Gasteiger partial charge in [0.05, 0.1) is 5.41 Å². The average Bonchev–Trinajstić information content (AvgIpc) is 3.80. The molecule has 0 radical (unpaired) electrons. The van der Waals surface area contributed by atoms with E-state index in [1.165, 1.54) is 88.7 Å². The SMILES string of the molecule is c1ccc(-c2ccc(N(c3ccc(-c4ccccc4)cc3)c3ccc4c(c3)C3(c5ccc(-c6ccccc6)cc5-4)c4ccccc4-c4ccc5ccccc5c43)cc2)cc1. The molecule has 0 N–H and O–H groups in total. The van der Waals surface area contributed by atoms with E-state index in [-0.39, 0.29) is 0 Å². The highest BCUT2D eigenvalue weighted by Crippen LogP contribution is 2.65. The van der Waals surface area contributed by atoms with Crippen LogP contribution in [0.4, 0.5) is 17.1 Å². The van der Waals surface area contributed by atoms with Gasteiger partial charge in [-0.15, -0.1) is 0 Å². The van der Waals surface area contributed by atoms with Gasteiger partial charge >= 0.3 is 0 Å². The molecule has 0 aliphatic heterocycles. The number of anilines is 3. The summed E-state index contributed by atoms with van der Waals surface area (Å²) in [4.78, 5) is 2.43.